The monoisotopic (exact) mass is 418 g/mol. The van der Waals surface area contributed by atoms with E-state index in [-0.39, 0.29) is 25.4 Å². The second-order valence-electron chi connectivity index (χ2n) is 7.01. The molecule has 3 rings (SSSR count). The molecule has 2 fully saturated rings. The molecule has 154 valence electrons. The number of alkyl halides is 2. The van der Waals surface area contributed by atoms with Gasteiger partial charge in [-0.3, -0.25) is 4.90 Å². The van der Waals surface area contributed by atoms with E-state index < -0.39 is 41.6 Å². The Morgan fingerprint density at radius 2 is 2.07 bits per heavy atom. The van der Waals surface area contributed by atoms with Gasteiger partial charge in [-0.1, -0.05) is 18.3 Å². The largest absolute Gasteiger partial charge is 0.442 e. The molecule has 1 saturated heterocycles. The van der Waals surface area contributed by atoms with Crippen molar-refractivity contribution in [3.63, 3.8) is 0 Å². The van der Waals surface area contributed by atoms with E-state index in [1.807, 2.05) is 0 Å². The third kappa shape index (κ3) is 4.56. The number of thiocarbonyl (C=S) groups is 1. The van der Waals surface area contributed by atoms with Crippen LogP contribution >= 0.6 is 12.2 Å². The van der Waals surface area contributed by atoms with E-state index in [9.17, 15) is 28.2 Å². The van der Waals surface area contributed by atoms with E-state index in [4.69, 9.17) is 4.74 Å². The fourth-order valence-electron chi connectivity index (χ4n) is 3.56. The van der Waals surface area contributed by atoms with E-state index in [2.05, 4.69) is 17.5 Å². The lowest BCUT2D eigenvalue weighted by Crippen LogP contribution is -2.36. The first-order chi connectivity index (χ1) is 13.3. The summed E-state index contributed by atoms with van der Waals surface area (Å²) in [5, 5.41) is 21.8. The number of rotatable bonds is 5. The van der Waals surface area contributed by atoms with Crippen LogP contribution in [0.5, 0.6) is 0 Å². The fraction of sp³-hybridized carbons (Fsp3) is 0.556. The molecule has 10 heteroatoms. The average Bonchev–Trinajstić information content (AvgIpc) is 3.02. The summed E-state index contributed by atoms with van der Waals surface area (Å²) in [7, 11) is 0. The number of carbonyl (C=O) groups is 1. The van der Waals surface area contributed by atoms with Crippen molar-refractivity contribution in [2.45, 2.75) is 49.9 Å². The zero-order valence-electron chi connectivity index (χ0n) is 14.9. The molecule has 3 N–H and O–H groups in total. The lowest BCUT2D eigenvalue weighted by atomic mass is 9.81. The number of carbonyl (C=O) groups excluding carboxylic acids is 1. The number of nitrogens with one attached hydrogen (secondary N) is 1. The number of hydrogen-bond donors (Lipinski definition) is 3. The first-order valence-corrected chi connectivity index (χ1v) is 9.36. The third-order valence-corrected chi connectivity index (χ3v) is 5.42. The molecule has 1 aliphatic heterocycles. The summed E-state index contributed by atoms with van der Waals surface area (Å²) in [6.45, 7) is 0.0130. The van der Waals surface area contributed by atoms with E-state index in [1.165, 1.54) is 11.0 Å². The Labute approximate surface area is 165 Å². The SMILES string of the molecule is O=C1OC(CNC(=S)C(F)F)CN1c1ccc(C2CCC(O)C(O)C2)c(F)c1. The molecule has 1 heterocycles. The van der Waals surface area contributed by atoms with Crippen LogP contribution in [0.25, 0.3) is 0 Å². The number of amides is 1. The van der Waals surface area contributed by atoms with E-state index in [0.29, 0.717) is 24.1 Å². The summed E-state index contributed by atoms with van der Waals surface area (Å²) in [5.74, 6) is -0.732. The molecule has 0 aromatic heterocycles. The minimum Gasteiger partial charge on any atom is -0.442 e. The lowest BCUT2D eigenvalue weighted by molar-refractivity contribution is -0.0152. The van der Waals surface area contributed by atoms with Gasteiger partial charge >= 0.3 is 6.09 Å². The molecular weight excluding hydrogens is 397 g/mol. The molecule has 1 aromatic rings. The van der Waals surface area contributed by atoms with Crippen LogP contribution in [0.3, 0.4) is 0 Å². The van der Waals surface area contributed by atoms with Crippen molar-refractivity contribution in [3.8, 4) is 0 Å². The first-order valence-electron chi connectivity index (χ1n) is 8.96. The minimum absolute atomic E-state index is 0.0612. The van der Waals surface area contributed by atoms with Gasteiger partial charge in [0.2, 0.25) is 0 Å². The van der Waals surface area contributed by atoms with Crippen molar-refractivity contribution < 1.29 is 32.9 Å². The maximum atomic E-state index is 14.6. The van der Waals surface area contributed by atoms with E-state index in [1.54, 1.807) is 12.1 Å². The van der Waals surface area contributed by atoms with Crippen molar-refractivity contribution in [2.75, 3.05) is 18.0 Å². The molecule has 1 saturated carbocycles. The number of anilines is 1. The molecule has 0 spiro atoms. The molecule has 1 aromatic carbocycles. The van der Waals surface area contributed by atoms with Gasteiger partial charge in [0, 0.05) is 0 Å². The van der Waals surface area contributed by atoms with Gasteiger partial charge in [-0.05, 0) is 42.9 Å². The molecule has 2 aliphatic rings. The van der Waals surface area contributed by atoms with Crippen LogP contribution in [0, 0.1) is 5.82 Å². The molecule has 0 bridgehead atoms. The third-order valence-electron chi connectivity index (χ3n) is 5.09. The predicted molar refractivity (Wildman–Crippen MR) is 99.2 cm³/mol. The Morgan fingerprint density at radius 3 is 2.71 bits per heavy atom. The van der Waals surface area contributed by atoms with Crippen LogP contribution in [0.2, 0.25) is 0 Å². The molecule has 6 nitrogen and oxygen atoms in total. The van der Waals surface area contributed by atoms with Crippen LogP contribution in [-0.4, -0.2) is 59.1 Å². The number of aliphatic hydroxyl groups is 2. The first kappa shape index (κ1) is 20.8. The molecule has 4 unspecified atom stereocenters. The number of hydrogen-bond acceptors (Lipinski definition) is 5. The van der Waals surface area contributed by atoms with Gasteiger partial charge in [0.1, 0.15) is 16.9 Å². The molecule has 28 heavy (non-hydrogen) atoms. The Balaban J connectivity index is 1.65. The molecule has 4 atom stereocenters. The number of cyclic esters (lactones) is 1. The number of halogens is 3. The number of ether oxygens (including phenoxy) is 1. The molecule has 0 radical (unpaired) electrons. The highest BCUT2D eigenvalue weighted by Gasteiger charge is 2.34. The summed E-state index contributed by atoms with van der Waals surface area (Å²) in [6, 6.07) is 4.36. The van der Waals surface area contributed by atoms with Gasteiger partial charge in [-0.15, -0.1) is 0 Å². The molecule has 1 amide bonds. The Morgan fingerprint density at radius 1 is 1.32 bits per heavy atom. The Kier molecular flexibility index (Phi) is 6.41. The topological polar surface area (TPSA) is 82.0 Å². The quantitative estimate of drug-likeness (QED) is 0.637. The van der Waals surface area contributed by atoms with E-state index >= 15 is 0 Å². The normalized spacial score (nSPS) is 27.8. The highest BCUT2D eigenvalue weighted by atomic mass is 32.1. The average molecular weight is 418 g/mol. The van der Waals surface area contributed by atoms with Crippen molar-refractivity contribution in [3.05, 3.63) is 29.6 Å². The lowest BCUT2D eigenvalue weighted by Gasteiger charge is -2.30. The van der Waals surface area contributed by atoms with Gasteiger partial charge in [-0.25, -0.2) is 18.0 Å². The van der Waals surface area contributed by atoms with Crippen LogP contribution in [0.1, 0.15) is 30.7 Å². The molecule has 1 aliphatic carbocycles. The highest BCUT2D eigenvalue weighted by molar-refractivity contribution is 7.80. The number of nitrogens with zero attached hydrogens (tertiary/aromatic N) is 1. The Bertz CT molecular complexity index is 752. The van der Waals surface area contributed by atoms with E-state index in [0.717, 1.165) is 0 Å². The zero-order chi connectivity index (χ0) is 20.4. The zero-order valence-corrected chi connectivity index (χ0v) is 15.7. The minimum atomic E-state index is -2.79. The Hall–Kier alpha value is -1.91. The fourth-order valence-corrected chi connectivity index (χ4v) is 3.64. The van der Waals surface area contributed by atoms with Crippen molar-refractivity contribution in [2.24, 2.45) is 0 Å². The summed E-state index contributed by atoms with van der Waals surface area (Å²) in [6.07, 6.45) is -4.65. The van der Waals surface area contributed by atoms with Gasteiger partial charge in [-0.2, -0.15) is 0 Å². The predicted octanol–water partition coefficient (Wildman–Crippen LogP) is 2.32. The van der Waals surface area contributed by atoms with Crippen LogP contribution < -0.4 is 10.2 Å². The van der Waals surface area contributed by atoms with Crippen molar-refractivity contribution >= 4 is 29.0 Å². The highest BCUT2D eigenvalue weighted by Crippen LogP contribution is 2.36. The number of aliphatic hydroxyl groups excluding tert-OH is 2. The van der Waals surface area contributed by atoms with Gasteiger partial charge in [0.05, 0.1) is 31.0 Å². The van der Waals surface area contributed by atoms with Crippen molar-refractivity contribution in [1.29, 1.82) is 0 Å². The van der Waals surface area contributed by atoms with Gasteiger partial charge < -0.3 is 20.3 Å². The molecular formula is C18H21F3N2O4S. The van der Waals surface area contributed by atoms with Gasteiger partial charge in [0.15, 0.2) is 0 Å². The summed E-state index contributed by atoms with van der Waals surface area (Å²) in [5.41, 5.74) is 0.712. The summed E-state index contributed by atoms with van der Waals surface area (Å²) in [4.78, 5) is 12.7. The maximum absolute atomic E-state index is 14.6. The number of benzene rings is 1. The van der Waals surface area contributed by atoms with Crippen LogP contribution in [0.4, 0.5) is 23.7 Å². The standard InChI is InChI=1S/C18H21F3N2O4S/c19-13-6-10(2-3-12(13)9-1-4-14(24)15(25)5-9)23-8-11(27-18(23)26)7-22-17(28)16(20)21/h2-3,6,9,11,14-16,24-25H,1,4-5,7-8H2,(H,22,28). The van der Waals surface area contributed by atoms with Gasteiger partial charge in [0.25, 0.3) is 6.43 Å². The smallest absolute Gasteiger partial charge is 0.414 e. The second kappa shape index (κ2) is 8.62. The van der Waals surface area contributed by atoms with Crippen LogP contribution in [-0.2, 0) is 4.74 Å². The maximum Gasteiger partial charge on any atom is 0.414 e. The summed E-state index contributed by atoms with van der Waals surface area (Å²) >= 11 is 4.48. The second-order valence-corrected chi connectivity index (χ2v) is 7.45. The summed E-state index contributed by atoms with van der Waals surface area (Å²) < 4.78 is 44.6. The van der Waals surface area contributed by atoms with Crippen molar-refractivity contribution in [1.82, 2.24) is 5.32 Å². The van der Waals surface area contributed by atoms with Crippen LogP contribution in [0.15, 0.2) is 18.2 Å².